The number of nitrogens with zero attached hydrogens (tertiary/aromatic N) is 1. The van der Waals surface area contributed by atoms with Gasteiger partial charge in [0.05, 0.1) is 5.56 Å². The molecule has 1 aliphatic heterocycles. The standard InChI is InChI=1S/C29H37N2O10P/c1-21(40-28(35)23-14-7-4-8-15-23)42(37,38-2)41-25(26(32)31-19-11-16-24(31)27(33)34)17-9-10-18-30-29(36)39-20-22-12-5-3-6-13-22/h3-8,12-15,21,24-25H,9-11,16-20H2,1-2H3,(H,30,36)(H,33,34)/t21?,24-,25-,42?/m0/s1. The fraction of sp³-hybridized carbons (Fsp3) is 0.448. The number of esters is 1. The summed E-state index contributed by atoms with van der Waals surface area (Å²) in [6.07, 6.45) is -0.322. The van der Waals surface area contributed by atoms with Gasteiger partial charge in [0.25, 0.3) is 5.91 Å². The quantitative estimate of drug-likeness (QED) is 0.167. The summed E-state index contributed by atoms with van der Waals surface area (Å²) >= 11 is 0. The monoisotopic (exact) mass is 604 g/mol. The lowest BCUT2D eigenvalue weighted by molar-refractivity contribution is -0.151. The third-order valence-electron chi connectivity index (χ3n) is 6.73. The van der Waals surface area contributed by atoms with Crippen LogP contribution in [0, 0.1) is 0 Å². The van der Waals surface area contributed by atoms with Gasteiger partial charge in [-0.3, -0.25) is 13.9 Å². The van der Waals surface area contributed by atoms with Gasteiger partial charge in [0, 0.05) is 20.2 Å². The second-order valence-corrected chi connectivity index (χ2v) is 12.1. The number of hydrogen-bond acceptors (Lipinski definition) is 9. The van der Waals surface area contributed by atoms with E-state index in [4.69, 9.17) is 18.5 Å². The minimum atomic E-state index is -4.20. The first-order valence-electron chi connectivity index (χ1n) is 13.7. The lowest BCUT2D eigenvalue weighted by Crippen LogP contribution is -2.46. The van der Waals surface area contributed by atoms with Crippen molar-refractivity contribution in [3.05, 3.63) is 71.8 Å². The van der Waals surface area contributed by atoms with Crippen LogP contribution in [0.1, 0.15) is 54.9 Å². The lowest BCUT2D eigenvalue weighted by Gasteiger charge is -2.30. The van der Waals surface area contributed by atoms with Crippen LogP contribution in [0.5, 0.6) is 0 Å². The number of carboxylic acids is 1. The van der Waals surface area contributed by atoms with Gasteiger partial charge in [-0.25, -0.2) is 14.4 Å². The molecule has 0 spiro atoms. The highest BCUT2D eigenvalue weighted by Crippen LogP contribution is 2.54. The van der Waals surface area contributed by atoms with E-state index in [9.17, 15) is 28.8 Å². The zero-order chi connectivity index (χ0) is 30.5. The number of carbonyl (C=O) groups excluding carboxylic acids is 3. The van der Waals surface area contributed by atoms with E-state index < -0.39 is 49.5 Å². The van der Waals surface area contributed by atoms with Crippen molar-refractivity contribution < 1.29 is 47.4 Å². The first-order valence-corrected chi connectivity index (χ1v) is 15.3. The summed E-state index contributed by atoms with van der Waals surface area (Å²) in [5, 5.41) is 12.2. The summed E-state index contributed by atoms with van der Waals surface area (Å²) < 4.78 is 35.1. The van der Waals surface area contributed by atoms with E-state index in [0.717, 1.165) is 12.7 Å². The largest absolute Gasteiger partial charge is 0.480 e. The Labute approximate surface area is 244 Å². The highest BCUT2D eigenvalue weighted by molar-refractivity contribution is 7.54. The van der Waals surface area contributed by atoms with Gasteiger partial charge < -0.3 is 29.3 Å². The molecule has 2 aromatic carbocycles. The number of carbonyl (C=O) groups is 4. The molecule has 228 valence electrons. The van der Waals surface area contributed by atoms with Crippen molar-refractivity contribution in [1.82, 2.24) is 10.2 Å². The maximum Gasteiger partial charge on any atom is 0.407 e. The van der Waals surface area contributed by atoms with E-state index in [1.807, 2.05) is 30.3 Å². The van der Waals surface area contributed by atoms with Crippen LogP contribution in [0.4, 0.5) is 4.79 Å². The zero-order valence-corrected chi connectivity index (χ0v) is 24.6. The smallest absolute Gasteiger partial charge is 0.407 e. The van der Waals surface area contributed by atoms with Crippen LogP contribution < -0.4 is 5.32 Å². The van der Waals surface area contributed by atoms with Crippen molar-refractivity contribution in [3.63, 3.8) is 0 Å². The molecular weight excluding hydrogens is 567 g/mol. The Morgan fingerprint density at radius 3 is 2.36 bits per heavy atom. The van der Waals surface area contributed by atoms with E-state index in [1.54, 1.807) is 18.2 Å². The number of rotatable bonds is 15. The van der Waals surface area contributed by atoms with Crippen LogP contribution in [0.2, 0.25) is 0 Å². The van der Waals surface area contributed by atoms with Crippen LogP contribution in [-0.4, -0.2) is 72.1 Å². The summed E-state index contributed by atoms with van der Waals surface area (Å²) in [6, 6.07) is 16.3. The second kappa shape index (κ2) is 16.1. The Hall–Kier alpha value is -3.73. The molecule has 13 heteroatoms. The Morgan fingerprint density at radius 1 is 1.05 bits per heavy atom. The number of amides is 2. The number of aliphatic carboxylic acids is 1. The molecule has 1 aliphatic rings. The average Bonchev–Trinajstić information content (AvgIpc) is 3.50. The molecule has 3 rings (SSSR count). The van der Waals surface area contributed by atoms with E-state index in [0.29, 0.717) is 19.3 Å². The van der Waals surface area contributed by atoms with Crippen LogP contribution in [0.15, 0.2) is 60.7 Å². The number of carboxylic acid groups (broad SMARTS) is 1. The van der Waals surface area contributed by atoms with Crippen LogP contribution >= 0.6 is 7.60 Å². The number of benzene rings is 2. The van der Waals surface area contributed by atoms with Gasteiger partial charge in [0.1, 0.15) is 18.8 Å². The maximum atomic E-state index is 13.7. The lowest BCUT2D eigenvalue weighted by atomic mass is 10.1. The average molecular weight is 605 g/mol. The van der Waals surface area contributed by atoms with E-state index in [-0.39, 0.29) is 38.1 Å². The molecule has 2 aromatic rings. The van der Waals surface area contributed by atoms with Crippen LogP contribution in [0.25, 0.3) is 0 Å². The summed E-state index contributed by atoms with van der Waals surface area (Å²) in [4.78, 5) is 51.0. The van der Waals surface area contributed by atoms with Crippen LogP contribution in [0.3, 0.4) is 0 Å². The molecule has 4 atom stereocenters. The fourth-order valence-electron chi connectivity index (χ4n) is 4.43. The van der Waals surface area contributed by atoms with Crippen molar-refractivity contribution in [2.24, 2.45) is 0 Å². The van der Waals surface area contributed by atoms with Crippen LogP contribution in [-0.2, 0) is 39.3 Å². The fourth-order valence-corrected chi connectivity index (χ4v) is 5.76. The summed E-state index contributed by atoms with van der Waals surface area (Å²) in [6.45, 7) is 1.91. The summed E-state index contributed by atoms with van der Waals surface area (Å²) in [7, 11) is -3.08. The minimum Gasteiger partial charge on any atom is -0.480 e. The molecule has 2 unspecified atom stereocenters. The first-order chi connectivity index (χ1) is 20.1. The van der Waals surface area contributed by atoms with Crippen molar-refractivity contribution in [3.8, 4) is 0 Å². The van der Waals surface area contributed by atoms with Crippen molar-refractivity contribution >= 4 is 31.5 Å². The highest BCUT2D eigenvalue weighted by atomic mass is 31.2. The molecule has 1 heterocycles. The van der Waals surface area contributed by atoms with Gasteiger partial charge in [-0.15, -0.1) is 0 Å². The molecule has 1 fully saturated rings. The number of unbranched alkanes of at least 4 members (excludes halogenated alkanes) is 1. The third kappa shape index (κ3) is 9.40. The molecule has 2 amide bonds. The van der Waals surface area contributed by atoms with Gasteiger partial charge >= 0.3 is 25.6 Å². The predicted molar refractivity (Wildman–Crippen MR) is 152 cm³/mol. The zero-order valence-electron chi connectivity index (χ0n) is 23.7. The van der Waals surface area contributed by atoms with Crippen molar-refractivity contribution in [2.45, 2.75) is 63.6 Å². The Bertz CT molecular complexity index is 1240. The predicted octanol–water partition coefficient (Wildman–Crippen LogP) is 4.59. The number of ether oxygens (including phenoxy) is 2. The van der Waals surface area contributed by atoms with Gasteiger partial charge in [-0.1, -0.05) is 48.5 Å². The second-order valence-electron chi connectivity index (χ2n) is 9.70. The Kier molecular flexibility index (Phi) is 12.5. The van der Waals surface area contributed by atoms with Gasteiger partial charge in [0.15, 0.2) is 5.85 Å². The molecular formula is C29H37N2O10P. The Morgan fingerprint density at radius 2 is 1.71 bits per heavy atom. The van der Waals surface area contributed by atoms with E-state index in [2.05, 4.69) is 5.32 Å². The number of hydrogen-bond donors (Lipinski definition) is 2. The molecule has 2 N–H and O–H groups in total. The molecule has 0 radical (unpaired) electrons. The molecule has 42 heavy (non-hydrogen) atoms. The van der Waals surface area contributed by atoms with Crippen molar-refractivity contribution in [2.75, 3.05) is 20.2 Å². The minimum absolute atomic E-state index is 0.0507. The van der Waals surface area contributed by atoms with Gasteiger partial charge in [-0.2, -0.15) is 0 Å². The number of alkyl carbamates (subject to hydrolysis) is 1. The molecule has 12 nitrogen and oxygen atoms in total. The molecule has 0 saturated carbocycles. The van der Waals surface area contributed by atoms with Gasteiger partial charge in [0.2, 0.25) is 0 Å². The molecule has 0 aromatic heterocycles. The third-order valence-corrected chi connectivity index (χ3v) is 8.79. The van der Waals surface area contributed by atoms with Crippen molar-refractivity contribution in [1.29, 1.82) is 0 Å². The number of likely N-dealkylation sites (tertiary alicyclic amines) is 1. The maximum absolute atomic E-state index is 13.7. The number of nitrogens with one attached hydrogen (secondary N) is 1. The van der Waals surface area contributed by atoms with E-state index in [1.165, 1.54) is 24.0 Å². The molecule has 0 aliphatic carbocycles. The summed E-state index contributed by atoms with van der Waals surface area (Å²) in [5.41, 5.74) is 1.08. The normalized spacial score (nSPS) is 17.5. The summed E-state index contributed by atoms with van der Waals surface area (Å²) in [5.74, 6) is -3.89. The topological polar surface area (TPSA) is 158 Å². The molecule has 1 saturated heterocycles. The highest BCUT2D eigenvalue weighted by Gasteiger charge is 2.43. The van der Waals surface area contributed by atoms with E-state index >= 15 is 0 Å². The SMILES string of the molecule is COP(=O)(O[C@@H](CCCCNC(=O)OCc1ccccc1)C(=O)N1CCC[C@H]1C(=O)O)C(C)OC(=O)c1ccccc1. The van der Waals surface area contributed by atoms with Gasteiger partial charge in [-0.05, 0) is 56.7 Å². The Balaban J connectivity index is 1.61. The first kappa shape index (κ1) is 32.8. The molecule has 0 bridgehead atoms.